The molecule has 50 heavy (non-hydrogen) atoms. The van der Waals surface area contributed by atoms with Gasteiger partial charge in [-0.15, -0.1) is 0 Å². The van der Waals surface area contributed by atoms with Gasteiger partial charge in [0.25, 0.3) is 0 Å². The molecule has 0 aromatic heterocycles. The van der Waals surface area contributed by atoms with E-state index in [0.29, 0.717) is 17.7 Å². The van der Waals surface area contributed by atoms with E-state index in [1.54, 1.807) is 6.07 Å². The summed E-state index contributed by atoms with van der Waals surface area (Å²) in [5, 5.41) is 0. The van der Waals surface area contributed by atoms with Crippen molar-refractivity contribution < 1.29 is 62.2 Å². The largest absolute Gasteiger partial charge is 0.461 e. The number of rotatable bonds is 11. The zero-order valence-electron chi connectivity index (χ0n) is 25.4. The minimum Gasteiger partial charge on any atom is -0.429 e. The van der Waals surface area contributed by atoms with Gasteiger partial charge in [0.05, 0.1) is 0 Å². The van der Waals surface area contributed by atoms with Crippen LogP contribution in [0, 0.1) is 34.9 Å². The van der Waals surface area contributed by atoms with Gasteiger partial charge in [0.2, 0.25) is 0 Å². The summed E-state index contributed by atoms with van der Waals surface area (Å²) in [6.07, 6.45) is -13.0. The number of hydrogen-bond acceptors (Lipinski definition) is 2. The van der Waals surface area contributed by atoms with Crippen molar-refractivity contribution in [2.45, 2.75) is 38.4 Å². The molecule has 0 radical (unpaired) electrons. The maximum Gasteiger partial charge on any atom is 0.461 e. The molecular formula is C36H22F12O2. The quantitative estimate of drug-likeness (QED) is 0.127. The SMILES string of the molecule is CCCc1ccc(-c2ccc(-c3ccc(-c4cc(F)c(C(F)(F)Oc5cc(F)c(OC(F)(F)C(F)F)c(F)c5)c(F)c4)c(F)c3)c(F)c2)cc1. The fourth-order valence-corrected chi connectivity index (χ4v) is 5.08. The maximum absolute atomic E-state index is 15.2. The zero-order chi connectivity index (χ0) is 36.5. The standard InChI is InChI=1S/C36H22F12O2/c1-2-3-18-4-6-19(7-5-18)20-8-10-24(26(37)12-20)21-9-11-25(27(38)13-21)22-14-28(39)32(29(40)15-22)35(45,46)49-23-16-30(41)33(31(42)17-23)50-36(47,48)34(43)44/h4-17,34H,2-3H2,1H3. The minimum absolute atomic E-state index is 0.00139. The number of alkyl halides is 6. The highest BCUT2D eigenvalue weighted by Crippen LogP contribution is 2.40. The van der Waals surface area contributed by atoms with Gasteiger partial charge in [-0.3, -0.25) is 0 Å². The Morgan fingerprint density at radius 1 is 0.540 bits per heavy atom. The van der Waals surface area contributed by atoms with E-state index in [-0.39, 0.29) is 23.3 Å². The van der Waals surface area contributed by atoms with E-state index in [2.05, 4.69) is 9.47 Å². The van der Waals surface area contributed by atoms with Crippen LogP contribution in [0.5, 0.6) is 11.5 Å². The first-order chi connectivity index (χ1) is 23.5. The summed E-state index contributed by atoms with van der Waals surface area (Å²) in [6.45, 7) is 2.04. The van der Waals surface area contributed by atoms with Gasteiger partial charge in [-0.2, -0.15) is 26.3 Å². The molecule has 0 aliphatic heterocycles. The lowest BCUT2D eigenvalue weighted by Crippen LogP contribution is -2.34. The number of halogens is 12. The molecule has 0 unspecified atom stereocenters. The average molecular weight is 715 g/mol. The number of ether oxygens (including phenoxy) is 2. The third-order valence-corrected chi connectivity index (χ3v) is 7.43. The Morgan fingerprint density at radius 3 is 1.54 bits per heavy atom. The van der Waals surface area contributed by atoms with E-state index in [4.69, 9.17) is 0 Å². The van der Waals surface area contributed by atoms with Gasteiger partial charge < -0.3 is 9.47 Å². The molecule has 0 heterocycles. The highest BCUT2D eigenvalue weighted by Gasteiger charge is 2.46. The van der Waals surface area contributed by atoms with Crippen LogP contribution in [-0.4, -0.2) is 12.5 Å². The first-order valence-electron chi connectivity index (χ1n) is 14.6. The fraction of sp³-hybridized carbons (Fsp3) is 0.167. The van der Waals surface area contributed by atoms with Crippen LogP contribution in [0.4, 0.5) is 52.7 Å². The van der Waals surface area contributed by atoms with Crippen LogP contribution in [0.25, 0.3) is 33.4 Å². The maximum atomic E-state index is 15.2. The molecule has 5 aromatic rings. The van der Waals surface area contributed by atoms with Crippen molar-refractivity contribution in [2.75, 3.05) is 0 Å². The van der Waals surface area contributed by atoms with Gasteiger partial charge in [-0.05, 0) is 58.5 Å². The van der Waals surface area contributed by atoms with E-state index in [0.717, 1.165) is 36.1 Å². The summed E-state index contributed by atoms with van der Waals surface area (Å²) >= 11 is 0. The Morgan fingerprint density at radius 2 is 1.02 bits per heavy atom. The molecule has 0 aliphatic carbocycles. The van der Waals surface area contributed by atoms with Crippen LogP contribution in [0.15, 0.2) is 84.9 Å². The van der Waals surface area contributed by atoms with Crippen molar-refractivity contribution in [3.8, 4) is 44.9 Å². The van der Waals surface area contributed by atoms with Crippen LogP contribution in [0.2, 0.25) is 0 Å². The summed E-state index contributed by atoms with van der Waals surface area (Å²) < 4.78 is 176. The summed E-state index contributed by atoms with van der Waals surface area (Å²) in [6, 6.07) is 15.3. The van der Waals surface area contributed by atoms with Crippen LogP contribution in [-0.2, 0) is 12.5 Å². The summed E-state index contributed by atoms with van der Waals surface area (Å²) in [7, 11) is 0. The molecule has 0 atom stereocenters. The second-order valence-corrected chi connectivity index (χ2v) is 11.0. The second-order valence-electron chi connectivity index (χ2n) is 11.0. The van der Waals surface area contributed by atoms with Crippen LogP contribution < -0.4 is 9.47 Å². The van der Waals surface area contributed by atoms with E-state index >= 15 is 8.78 Å². The molecule has 262 valence electrons. The van der Waals surface area contributed by atoms with E-state index in [1.807, 2.05) is 31.2 Å². The van der Waals surface area contributed by atoms with Crippen molar-refractivity contribution in [1.29, 1.82) is 0 Å². The van der Waals surface area contributed by atoms with Crippen LogP contribution in [0.1, 0.15) is 24.5 Å². The summed E-state index contributed by atoms with van der Waals surface area (Å²) in [5.41, 5.74) is -0.614. The van der Waals surface area contributed by atoms with Crippen LogP contribution >= 0.6 is 0 Å². The molecule has 5 aromatic carbocycles. The molecule has 0 saturated heterocycles. The Bertz CT molecular complexity index is 1980. The lowest BCUT2D eigenvalue weighted by molar-refractivity contribution is -0.255. The third-order valence-electron chi connectivity index (χ3n) is 7.43. The van der Waals surface area contributed by atoms with Crippen molar-refractivity contribution in [1.82, 2.24) is 0 Å². The highest BCUT2D eigenvalue weighted by atomic mass is 19.3. The average Bonchev–Trinajstić information content (AvgIpc) is 3.02. The van der Waals surface area contributed by atoms with E-state index < -0.39 is 81.7 Å². The minimum atomic E-state index is -5.36. The van der Waals surface area contributed by atoms with Crippen molar-refractivity contribution in [3.05, 3.63) is 131 Å². The van der Waals surface area contributed by atoms with Crippen LogP contribution in [0.3, 0.4) is 0 Å². The van der Waals surface area contributed by atoms with E-state index in [1.165, 1.54) is 18.2 Å². The number of benzene rings is 5. The molecule has 0 saturated carbocycles. The van der Waals surface area contributed by atoms with Gasteiger partial charge in [0.15, 0.2) is 17.4 Å². The fourth-order valence-electron chi connectivity index (χ4n) is 5.08. The van der Waals surface area contributed by atoms with Crippen molar-refractivity contribution in [2.24, 2.45) is 0 Å². The van der Waals surface area contributed by atoms with E-state index in [9.17, 15) is 43.9 Å². The highest BCUT2D eigenvalue weighted by molar-refractivity contribution is 5.74. The molecule has 0 bridgehead atoms. The van der Waals surface area contributed by atoms with Gasteiger partial charge in [-0.1, -0.05) is 61.9 Å². The van der Waals surface area contributed by atoms with Gasteiger partial charge in [0.1, 0.15) is 34.6 Å². The number of aryl methyl sites for hydroxylation is 1. The molecule has 14 heteroatoms. The molecule has 2 nitrogen and oxygen atoms in total. The van der Waals surface area contributed by atoms with Gasteiger partial charge >= 0.3 is 18.6 Å². The molecule has 0 spiro atoms. The lowest BCUT2D eigenvalue weighted by Gasteiger charge is -2.21. The number of hydrogen-bond donors (Lipinski definition) is 0. The van der Waals surface area contributed by atoms with Gasteiger partial charge in [0, 0.05) is 23.3 Å². The molecular weight excluding hydrogens is 692 g/mol. The lowest BCUT2D eigenvalue weighted by atomic mass is 9.96. The smallest absolute Gasteiger partial charge is 0.429 e. The first kappa shape index (κ1) is 36.1. The Labute approximate surface area is 276 Å². The molecule has 0 amide bonds. The van der Waals surface area contributed by atoms with Crippen molar-refractivity contribution in [3.63, 3.8) is 0 Å². The molecule has 0 aliphatic rings. The Hall–Kier alpha value is -5.14. The zero-order valence-corrected chi connectivity index (χ0v) is 25.4. The topological polar surface area (TPSA) is 18.5 Å². The predicted octanol–water partition coefficient (Wildman–Crippen LogP) is 11.8. The van der Waals surface area contributed by atoms with Gasteiger partial charge in [-0.25, -0.2) is 26.3 Å². The van der Waals surface area contributed by atoms with Crippen molar-refractivity contribution >= 4 is 0 Å². The summed E-state index contributed by atoms with van der Waals surface area (Å²) in [5.74, 6) is -13.7. The summed E-state index contributed by atoms with van der Waals surface area (Å²) in [4.78, 5) is 0. The first-order valence-corrected chi connectivity index (χ1v) is 14.6. The Balaban J connectivity index is 1.38. The second kappa shape index (κ2) is 14.0. The Kier molecular flexibility index (Phi) is 10.1. The normalized spacial score (nSPS) is 12.0. The molecule has 0 fully saturated rings. The molecule has 0 N–H and O–H groups in total. The molecule has 5 rings (SSSR count). The monoisotopic (exact) mass is 714 g/mol. The third kappa shape index (κ3) is 7.53. The predicted molar refractivity (Wildman–Crippen MR) is 159 cm³/mol.